The zero-order valence-electron chi connectivity index (χ0n) is 27.3. The van der Waals surface area contributed by atoms with E-state index < -0.39 is 0 Å². The minimum Gasteiger partial charge on any atom is -0.325 e. The van der Waals surface area contributed by atoms with Gasteiger partial charge in [0.2, 0.25) is 5.91 Å². The lowest BCUT2D eigenvalue weighted by Crippen LogP contribution is -2.55. The number of rotatable bonds is 9. The molecule has 1 fully saturated rings. The SMILES string of the molecule is CC/C(=C(/C)C(=O)Nc1cc(NC(=O)CC2CCCN(C)C2)cnc1C)[N+]1(C)C(C)C=C(c2cnn(C)c2)C=CC1CC. The number of carbonyl (C=O) groups excluding carboxylic acids is 2. The van der Waals surface area contributed by atoms with Crippen molar-refractivity contribution in [3.8, 4) is 0 Å². The molecule has 0 aliphatic carbocycles. The molecule has 43 heavy (non-hydrogen) atoms. The molecule has 1 saturated heterocycles. The number of aromatic nitrogens is 3. The fourth-order valence-electron chi connectivity index (χ4n) is 6.85. The third-order valence-corrected chi connectivity index (χ3v) is 9.42. The number of anilines is 2. The summed E-state index contributed by atoms with van der Waals surface area (Å²) in [5, 5.41) is 10.5. The smallest absolute Gasteiger partial charge is 0.256 e. The van der Waals surface area contributed by atoms with Gasteiger partial charge in [0, 0.05) is 44.6 Å². The van der Waals surface area contributed by atoms with Crippen LogP contribution in [0.1, 0.15) is 71.1 Å². The van der Waals surface area contributed by atoms with Crippen molar-refractivity contribution >= 4 is 28.8 Å². The molecule has 4 atom stereocenters. The minimum atomic E-state index is -0.151. The molecule has 2 aromatic rings. The Morgan fingerprint density at radius 2 is 1.93 bits per heavy atom. The lowest BCUT2D eigenvalue weighted by Gasteiger charge is -2.45. The molecule has 0 saturated carbocycles. The van der Waals surface area contributed by atoms with E-state index in [1.165, 1.54) is 0 Å². The average Bonchev–Trinajstić information content (AvgIpc) is 3.35. The van der Waals surface area contributed by atoms with Crippen molar-refractivity contribution in [1.29, 1.82) is 0 Å². The van der Waals surface area contributed by atoms with Gasteiger partial charge in [-0.15, -0.1) is 0 Å². The number of piperidine rings is 1. The molecule has 2 amide bonds. The number of amides is 2. The minimum absolute atomic E-state index is 0.0162. The zero-order valence-corrected chi connectivity index (χ0v) is 27.3. The second-order valence-electron chi connectivity index (χ2n) is 12.5. The van der Waals surface area contributed by atoms with Crippen LogP contribution in [0.2, 0.25) is 0 Å². The number of nitrogens with zero attached hydrogens (tertiary/aromatic N) is 5. The maximum absolute atomic E-state index is 13.8. The summed E-state index contributed by atoms with van der Waals surface area (Å²) in [6.45, 7) is 12.4. The molecule has 4 heterocycles. The molecule has 2 aliphatic rings. The molecular weight excluding hydrogens is 538 g/mol. The van der Waals surface area contributed by atoms with E-state index in [1.807, 2.05) is 44.0 Å². The molecule has 0 aromatic carbocycles. The molecule has 2 N–H and O–H groups in total. The topological polar surface area (TPSA) is 92.2 Å². The number of likely N-dealkylation sites (tertiary alicyclic amines) is 1. The Kier molecular flexibility index (Phi) is 10.4. The van der Waals surface area contributed by atoms with E-state index in [-0.39, 0.29) is 23.9 Å². The summed E-state index contributed by atoms with van der Waals surface area (Å²) in [5.74, 6) is 0.193. The van der Waals surface area contributed by atoms with Crippen molar-refractivity contribution in [3.05, 3.63) is 65.4 Å². The normalized spacial score (nSPS) is 25.0. The Morgan fingerprint density at radius 3 is 2.58 bits per heavy atom. The van der Waals surface area contributed by atoms with Gasteiger partial charge in [0.1, 0.15) is 17.8 Å². The Hall–Kier alpha value is -3.56. The number of allylic oxidation sites excluding steroid dienone is 3. The van der Waals surface area contributed by atoms with Gasteiger partial charge in [0.25, 0.3) is 5.91 Å². The maximum atomic E-state index is 13.8. The number of likely N-dealkylation sites (N-methyl/N-ethyl adjacent to an activating group) is 1. The van der Waals surface area contributed by atoms with Crippen molar-refractivity contribution in [1.82, 2.24) is 19.7 Å². The highest BCUT2D eigenvalue weighted by atomic mass is 16.2. The van der Waals surface area contributed by atoms with Gasteiger partial charge in [-0.05, 0) is 76.9 Å². The monoisotopic (exact) mass is 588 g/mol. The zero-order chi connectivity index (χ0) is 31.3. The third kappa shape index (κ3) is 7.33. The number of pyridine rings is 1. The number of hydrogen-bond donors (Lipinski definition) is 2. The van der Waals surface area contributed by atoms with Gasteiger partial charge in [0.05, 0.1) is 42.1 Å². The van der Waals surface area contributed by atoms with E-state index in [1.54, 1.807) is 6.20 Å². The molecular formula is C34H50N7O2+. The summed E-state index contributed by atoms with van der Waals surface area (Å²) < 4.78 is 2.44. The van der Waals surface area contributed by atoms with Crippen LogP contribution in [-0.2, 0) is 16.6 Å². The predicted molar refractivity (Wildman–Crippen MR) is 174 cm³/mol. The highest BCUT2D eigenvalue weighted by Gasteiger charge is 2.41. The van der Waals surface area contributed by atoms with Crippen LogP contribution in [0.4, 0.5) is 11.4 Å². The number of aryl methyl sites for hydroxylation is 2. The molecule has 0 spiro atoms. The summed E-state index contributed by atoms with van der Waals surface area (Å²) in [6, 6.07) is 2.14. The summed E-state index contributed by atoms with van der Waals surface area (Å²) in [4.78, 5) is 33.4. The largest absolute Gasteiger partial charge is 0.325 e. The van der Waals surface area contributed by atoms with Crippen LogP contribution in [-0.4, -0.2) is 75.2 Å². The van der Waals surface area contributed by atoms with E-state index in [4.69, 9.17) is 0 Å². The van der Waals surface area contributed by atoms with E-state index in [0.29, 0.717) is 39.5 Å². The van der Waals surface area contributed by atoms with Crippen LogP contribution in [0.25, 0.3) is 5.57 Å². The maximum Gasteiger partial charge on any atom is 0.256 e. The molecule has 9 heteroatoms. The van der Waals surface area contributed by atoms with Gasteiger partial charge in [-0.3, -0.25) is 23.7 Å². The van der Waals surface area contributed by atoms with Crippen molar-refractivity contribution in [2.24, 2.45) is 13.0 Å². The highest BCUT2D eigenvalue weighted by molar-refractivity contribution is 6.04. The second kappa shape index (κ2) is 13.8. The van der Waals surface area contributed by atoms with Crippen LogP contribution in [0.15, 0.2) is 54.2 Å². The van der Waals surface area contributed by atoms with Gasteiger partial charge in [-0.25, -0.2) is 0 Å². The van der Waals surface area contributed by atoms with Gasteiger partial charge < -0.3 is 15.5 Å². The fourth-order valence-corrected chi connectivity index (χ4v) is 6.85. The molecule has 0 radical (unpaired) electrons. The van der Waals surface area contributed by atoms with E-state index in [0.717, 1.165) is 55.6 Å². The Bertz CT molecular complexity index is 1420. The van der Waals surface area contributed by atoms with Crippen molar-refractivity contribution < 1.29 is 14.1 Å². The first-order valence-corrected chi connectivity index (χ1v) is 15.7. The average molecular weight is 589 g/mol. The summed E-state index contributed by atoms with van der Waals surface area (Å²) in [6.07, 6.45) is 16.7. The molecule has 2 aliphatic heterocycles. The standard InChI is InChI=1S/C34H49N7O2/c1-9-30-14-13-27(28-19-36-40(7)22-28)16-23(3)41(30,8)32(10-2)24(4)34(43)38-31-18-29(20-35-25(31)5)37-33(42)17-26-12-11-15-39(6)21-26/h13-14,16,18-20,22-23,26,30H,9-12,15,17,21H2,1-8H3,(H-,37,38,42,43)/p+1/b32-24+. The Labute approximate surface area is 257 Å². The van der Waals surface area contributed by atoms with Gasteiger partial charge >= 0.3 is 0 Å². The van der Waals surface area contributed by atoms with Gasteiger partial charge in [-0.2, -0.15) is 5.10 Å². The molecule has 4 rings (SSSR count). The van der Waals surface area contributed by atoms with Crippen LogP contribution in [0, 0.1) is 12.8 Å². The molecule has 9 nitrogen and oxygen atoms in total. The van der Waals surface area contributed by atoms with Gasteiger partial charge in [0.15, 0.2) is 0 Å². The number of nitrogens with one attached hydrogen (secondary N) is 2. The van der Waals surface area contributed by atoms with Crippen LogP contribution < -0.4 is 10.6 Å². The Balaban J connectivity index is 1.56. The first kappa shape index (κ1) is 32.4. The summed E-state index contributed by atoms with van der Waals surface area (Å²) in [5.41, 5.74) is 5.94. The van der Waals surface area contributed by atoms with Crippen LogP contribution in [0.3, 0.4) is 0 Å². The number of quaternary nitrogens is 1. The lowest BCUT2D eigenvalue weighted by molar-refractivity contribution is -0.908. The molecule has 4 unspecified atom stereocenters. The summed E-state index contributed by atoms with van der Waals surface area (Å²) in [7, 11) is 6.28. The quantitative estimate of drug-likeness (QED) is 0.290. The lowest BCUT2D eigenvalue weighted by atomic mass is 9.95. The van der Waals surface area contributed by atoms with Crippen LogP contribution in [0.5, 0.6) is 0 Å². The third-order valence-electron chi connectivity index (χ3n) is 9.42. The Morgan fingerprint density at radius 1 is 1.16 bits per heavy atom. The van der Waals surface area contributed by atoms with Crippen LogP contribution >= 0.6 is 0 Å². The fraction of sp³-hybridized carbons (Fsp3) is 0.529. The van der Waals surface area contributed by atoms with Crippen molar-refractivity contribution in [2.75, 3.05) is 37.8 Å². The highest BCUT2D eigenvalue weighted by Crippen LogP contribution is 2.36. The predicted octanol–water partition coefficient (Wildman–Crippen LogP) is 5.68. The molecule has 232 valence electrons. The second-order valence-corrected chi connectivity index (χ2v) is 12.5. The number of carbonyl (C=O) groups is 2. The van der Waals surface area contributed by atoms with Crippen molar-refractivity contribution in [3.63, 3.8) is 0 Å². The number of hydrogen-bond acceptors (Lipinski definition) is 5. The summed E-state index contributed by atoms with van der Waals surface area (Å²) >= 11 is 0. The first-order valence-electron chi connectivity index (χ1n) is 15.7. The van der Waals surface area contributed by atoms with Crippen molar-refractivity contribution in [2.45, 2.75) is 78.8 Å². The van der Waals surface area contributed by atoms with Gasteiger partial charge in [-0.1, -0.05) is 19.9 Å². The molecule has 0 bridgehead atoms. The molecule has 2 aromatic heterocycles. The van der Waals surface area contributed by atoms with E-state index in [9.17, 15) is 9.59 Å². The van der Waals surface area contributed by atoms with E-state index >= 15 is 0 Å². The first-order chi connectivity index (χ1) is 20.5. The van der Waals surface area contributed by atoms with E-state index in [2.05, 4.69) is 78.7 Å².